The maximum Gasteiger partial charge on any atom is 0.206 e. The molecule has 0 bridgehead atoms. The summed E-state index contributed by atoms with van der Waals surface area (Å²) in [6.45, 7) is 0. The van der Waals surface area contributed by atoms with Gasteiger partial charge in [-0.25, -0.2) is 18.7 Å². The Kier molecular flexibility index (Phi) is 6.74. The number of carbonyl (C=O) groups excluding carboxylic acids is 1. The van der Waals surface area contributed by atoms with Crippen molar-refractivity contribution in [2.24, 2.45) is 16.6 Å². The topological polar surface area (TPSA) is 117 Å². The van der Waals surface area contributed by atoms with Gasteiger partial charge >= 0.3 is 0 Å². The van der Waals surface area contributed by atoms with Gasteiger partial charge in [0.1, 0.15) is 17.6 Å². The number of aliphatic imine (C=N–C) groups is 1. The van der Waals surface area contributed by atoms with E-state index in [0.29, 0.717) is 28.0 Å². The van der Waals surface area contributed by atoms with E-state index in [0.717, 1.165) is 6.42 Å². The van der Waals surface area contributed by atoms with Gasteiger partial charge in [-0.15, -0.1) is 0 Å². The molecule has 1 aromatic heterocycles. The van der Waals surface area contributed by atoms with Crippen LogP contribution in [-0.4, -0.2) is 33.8 Å². The zero-order valence-corrected chi connectivity index (χ0v) is 16.7. The van der Waals surface area contributed by atoms with Crippen LogP contribution in [0.1, 0.15) is 35.0 Å². The summed E-state index contributed by atoms with van der Waals surface area (Å²) in [6.07, 6.45) is 5.22. The Morgan fingerprint density at radius 2 is 2.17 bits per heavy atom. The first kappa shape index (κ1) is 21.4. The number of nitrogens with zero attached hydrogens (tertiary/aromatic N) is 4. The minimum Gasteiger partial charge on any atom is -0.379 e. The largest absolute Gasteiger partial charge is 0.379 e. The molecule has 1 fully saturated rings. The van der Waals surface area contributed by atoms with Gasteiger partial charge in [-0.2, -0.15) is 5.26 Å². The van der Waals surface area contributed by atoms with Crippen molar-refractivity contribution in [2.75, 3.05) is 7.05 Å². The lowest BCUT2D eigenvalue weighted by atomic mass is 9.99. The molecule has 2 aliphatic rings. The molecule has 4 rings (SSSR count). The zero-order chi connectivity index (χ0) is 21.7. The average molecular weight is 428 g/mol. The summed E-state index contributed by atoms with van der Waals surface area (Å²) < 4.78 is 28.7. The van der Waals surface area contributed by atoms with Crippen molar-refractivity contribution < 1.29 is 13.6 Å². The van der Waals surface area contributed by atoms with Crippen molar-refractivity contribution in [1.82, 2.24) is 15.3 Å². The highest BCUT2D eigenvalue weighted by molar-refractivity contribution is 8.14. The Labute approximate surface area is 176 Å². The van der Waals surface area contributed by atoms with Gasteiger partial charge in [0.25, 0.3) is 0 Å². The van der Waals surface area contributed by atoms with Crippen LogP contribution in [0.25, 0.3) is 11.9 Å². The fraction of sp³-hybridized carbons (Fsp3) is 0.250. The minimum absolute atomic E-state index is 0.00784. The number of thioether (sulfide) groups is 1. The summed E-state index contributed by atoms with van der Waals surface area (Å²) in [4.78, 5) is 21.1. The van der Waals surface area contributed by atoms with E-state index in [-0.39, 0.29) is 29.2 Å². The molecule has 2 heterocycles. The van der Waals surface area contributed by atoms with E-state index < -0.39 is 5.83 Å². The van der Waals surface area contributed by atoms with Crippen LogP contribution < -0.4 is 11.1 Å². The van der Waals surface area contributed by atoms with Crippen LogP contribution in [0.5, 0.6) is 0 Å². The minimum atomic E-state index is -0.619. The van der Waals surface area contributed by atoms with Crippen LogP contribution >= 0.6 is 11.8 Å². The Balaban J connectivity index is 0.000000589. The first-order valence-electron chi connectivity index (χ1n) is 8.96. The second kappa shape index (κ2) is 9.45. The molecule has 1 aliphatic carbocycles. The number of nitriles is 1. The third kappa shape index (κ3) is 4.99. The summed E-state index contributed by atoms with van der Waals surface area (Å²) in [6, 6.07) is 5.89. The summed E-state index contributed by atoms with van der Waals surface area (Å²) in [5, 5.41) is 11.8. The van der Waals surface area contributed by atoms with Gasteiger partial charge in [-0.3, -0.25) is 9.79 Å². The first-order valence-corrected chi connectivity index (χ1v) is 9.84. The number of fused-ring (bicyclic) bond motifs is 1. The van der Waals surface area contributed by atoms with Crippen LogP contribution in [0.2, 0.25) is 0 Å². The molecule has 2 aromatic rings. The SMILES string of the molecule is CNC=O.N#Cc1cnc(/C(F)=C/c2ccc(F)c(C3N=C(N)SC4CC43)c2)cn1. The molecule has 1 amide bonds. The quantitative estimate of drug-likeness (QED) is 0.723. The van der Waals surface area contributed by atoms with Gasteiger partial charge in [-0.05, 0) is 36.1 Å². The second-order valence-electron chi connectivity index (χ2n) is 6.55. The lowest BCUT2D eigenvalue weighted by Gasteiger charge is -2.19. The van der Waals surface area contributed by atoms with Crippen molar-refractivity contribution in [3.63, 3.8) is 0 Å². The number of hydrogen-bond acceptors (Lipinski definition) is 7. The Hall–Kier alpha value is -3.32. The van der Waals surface area contributed by atoms with Crippen LogP contribution in [0.3, 0.4) is 0 Å². The fourth-order valence-electron chi connectivity index (χ4n) is 2.98. The standard InChI is InChI=1S/C18H13F2N5S.C2H5NO/c19-13-2-1-9(4-14(20)15-8-23-10(6-21)7-24-15)3-11(13)17-12-5-16(12)26-18(22)25-17;1-3-2-4/h1-4,7-8,12,16-17H,5H2,(H2,22,25);2H,1H3,(H,3,4)/b14-4-;. The highest BCUT2D eigenvalue weighted by Crippen LogP contribution is 2.54. The van der Waals surface area contributed by atoms with Crippen molar-refractivity contribution >= 4 is 35.2 Å². The second-order valence-corrected chi connectivity index (χ2v) is 7.81. The summed E-state index contributed by atoms with van der Waals surface area (Å²) in [5.74, 6) is -0.721. The predicted molar refractivity (Wildman–Crippen MR) is 111 cm³/mol. The van der Waals surface area contributed by atoms with Gasteiger partial charge in [0.2, 0.25) is 6.41 Å². The Morgan fingerprint density at radius 1 is 1.40 bits per heavy atom. The van der Waals surface area contributed by atoms with E-state index in [2.05, 4.69) is 20.3 Å². The molecule has 1 aromatic carbocycles. The number of amides is 1. The maximum absolute atomic E-state index is 14.4. The number of halogens is 2. The van der Waals surface area contributed by atoms with E-state index in [1.807, 2.05) is 6.07 Å². The van der Waals surface area contributed by atoms with Crippen molar-refractivity contribution in [2.45, 2.75) is 17.7 Å². The molecule has 154 valence electrons. The van der Waals surface area contributed by atoms with Crippen LogP contribution in [0.15, 0.2) is 35.6 Å². The first-order chi connectivity index (χ1) is 14.5. The summed E-state index contributed by atoms with van der Waals surface area (Å²) in [5.41, 5.74) is 6.86. The van der Waals surface area contributed by atoms with Crippen LogP contribution in [0, 0.1) is 23.1 Å². The van der Waals surface area contributed by atoms with E-state index >= 15 is 0 Å². The van der Waals surface area contributed by atoms with Crippen LogP contribution in [0.4, 0.5) is 8.78 Å². The van der Waals surface area contributed by atoms with E-state index in [9.17, 15) is 8.78 Å². The predicted octanol–water partition coefficient (Wildman–Crippen LogP) is 2.81. The molecule has 3 N–H and O–H groups in total. The molecule has 1 saturated carbocycles. The third-order valence-corrected chi connectivity index (χ3v) is 5.68. The number of amidine groups is 1. The molecule has 10 heteroatoms. The molecular weight excluding hydrogens is 410 g/mol. The van der Waals surface area contributed by atoms with Gasteiger partial charge in [0.05, 0.1) is 18.4 Å². The summed E-state index contributed by atoms with van der Waals surface area (Å²) in [7, 11) is 1.56. The van der Waals surface area contributed by atoms with Gasteiger partial charge in [-0.1, -0.05) is 17.8 Å². The Bertz CT molecular complexity index is 1030. The third-order valence-electron chi connectivity index (χ3n) is 4.48. The maximum atomic E-state index is 14.4. The molecule has 0 saturated heterocycles. The van der Waals surface area contributed by atoms with E-state index in [1.54, 1.807) is 13.1 Å². The number of nitrogens with one attached hydrogen (secondary N) is 1. The summed E-state index contributed by atoms with van der Waals surface area (Å²) >= 11 is 1.53. The van der Waals surface area contributed by atoms with E-state index in [4.69, 9.17) is 15.8 Å². The molecule has 7 nitrogen and oxygen atoms in total. The lowest BCUT2D eigenvalue weighted by Crippen LogP contribution is -2.17. The molecule has 3 atom stereocenters. The normalized spacial score (nSPS) is 21.9. The number of hydrogen-bond donors (Lipinski definition) is 2. The highest BCUT2D eigenvalue weighted by Gasteiger charge is 2.48. The average Bonchev–Trinajstić information content (AvgIpc) is 3.54. The number of aromatic nitrogens is 2. The molecule has 1 aliphatic heterocycles. The van der Waals surface area contributed by atoms with Gasteiger partial charge < -0.3 is 11.1 Å². The fourth-order valence-corrected chi connectivity index (χ4v) is 4.11. The smallest absolute Gasteiger partial charge is 0.206 e. The lowest BCUT2D eigenvalue weighted by molar-refractivity contribution is -0.109. The molecule has 3 unspecified atom stereocenters. The van der Waals surface area contributed by atoms with Gasteiger partial charge in [0, 0.05) is 17.9 Å². The van der Waals surface area contributed by atoms with E-state index in [1.165, 1.54) is 42.4 Å². The molecule has 0 radical (unpaired) electrons. The Morgan fingerprint density at radius 3 is 2.80 bits per heavy atom. The molecular formula is C20H18F2N6OS. The highest BCUT2D eigenvalue weighted by atomic mass is 32.2. The van der Waals surface area contributed by atoms with Crippen molar-refractivity contribution in [1.29, 1.82) is 5.26 Å². The zero-order valence-electron chi connectivity index (χ0n) is 15.9. The van der Waals surface area contributed by atoms with Crippen LogP contribution in [-0.2, 0) is 4.79 Å². The number of carbonyl (C=O) groups is 1. The number of nitrogens with two attached hydrogens (primary N) is 1. The van der Waals surface area contributed by atoms with Crippen molar-refractivity contribution in [3.05, 3.63) is 58.9 Å². The number of rotatable bonds is 4. The monoisotopic (exact) mass is 428 g/mol. The van der Waals surface area contributed by atoms with Gasteiger partial charge in [0.15, 0.2) is 16.7 Å². The molecule has 30 heavy (non-hydrogen) atoms. The number of benzene rings is 1. The van der Waals surface area contributed by atoms with Crippen molar-refractivity contribution in [3.8, 4) is 6.07 Å². The molecule has 0 spiro atoms.